The Hall–Kier alpha value is -1.35. The summed E-state index contributed by atoms with van der Waals surface area (Å²) in [6.07, 6.45) is 0.806. The Bertz CT molecular complexity index is 321. The fourth-order valence-electron chi connectivity index (χ4n) is 1.34. The maximum Gasteiger partial charge on any atom is 0.153 e. The number of hydrogen-bond acceptors (Lipinski definition) is 3. The third kappa shape index (κ3) is 3.06. The van der Waals surface area contributed by atoms with Crippen LogP contribution in [0, 0.1) is 0 Å². The summed E-state index contributed by atoms with van der Waals surface area (Å²) in [5.74, 6) is 0.642. The van der Waals surface area contributed by atoms with Crippen molar-refractivity contribution in [1.29, 1.82) is 0 Å². The van der Waals surface area contributed by atoms with E-state index < -0.39 is 0 Å². The third-order valence-electron chi connectivity index (χ3n) is 2.00. The molecular weight excluding hydrogens is 192 g/mol. The summed E-state index contributed by atoms with van der Waals surface area (Å²) >= 11 is 0. The van der Waals surface area contributed by atoms with Crippen molar-refractivity contribution in [3.63, 3.8) is 0 Å². The largest absolute Gasteiger partial charge is 0.493 e. The van der Waals surface area contributed by atoms with Crippen molar-refractivity contribution in [3.05, 3.63) is 29.3 Å². The fourth-order valence-corrected chi connectivity index (χ4v) is 1.34. The quantitative estimate of drug-likeness (QED) is 0.673. The molecule has 1 aromatic carbocycles. The molecule has 0 heterocycles. The molecule has 0 unspecified atom stereocenters. The number of ether oxygens (including phenoxy) is 2. The molecule has 82 valence electrons. The van der Waals surface area contributed by atoms with Gasteiger partial charge in [0.15, 0.2) is 6.29 Å². The zero-order valence-corrected chi connectivity index (χ0v) is 9.16. The first-order chi connectivity index (χ1) is 7.33. The fraction of sp³-hybridized carbons (Fsp3) is 0.417. The summed E-state index contributed by atoms with van der Waals surface area (Å²) in [4.78, 5) is 10.8. The highest BCUT2D eigenvalue weighted by atomic mass is 16.5. The highest BCUT2D eigenvalue weighted by Crippen LogP contribution is 2.23. The maximum atomic E-state index is 10.8. The smallest absolute Gasteiger partial charge is 0.153 e. The number of carbonyl (C=O) groups excluding carboxylic acids is 1. The van der Waals surface area contributed by atoms with Gasteiger partial charge >= 0.3 is 0 Å². The van der Waals surface area contributed by atoms with Gasteiger partial charge in [-0.15, -0.1) is 0 Å². The summed E-state index contributed by atoms with van der Waals surface area (Å²) in [6, 6.07) is 5.49. The van der Waals surface area contributed by atoms with E-state index in [2.05, 4.69) is 0 Å². The van der Waals surface area contributed by atoms with Crippen LogP contribution in [0.1, 0.15) is 29.8 Å². The Morgan fingerprint density at radius 1 is 1.27 bits per heavy atom. The molecule has 0 aliphatic rings. The highest BCUT2D eigenvalue weighted by Gasteiger charge is 2.08. The molecule has 0 aliphatic heterocycles. The van der Waals surface area contributed by atoms with Gasteiger partial charge in [-0.3, -0.25) is 4.79 Å². The lowest BCUT2D eigenvalue weighted by Crippen LogP contribution is -2.02. The SMILES string of the molecule is CCOCc1cccc(C=O)c1OCC. The molecule has 0 saturated carbocycles. The summed E-state index contributed by atoms with van der Waals surface area (Å²) in [5, 5.41) is 0. The van der Waals surface area contributed by atoms with Crippen LogP contribution in [0.5, 0.6) is 5.75 Å². The number of hydrogen-bond donors (Lipinski definition) is 0. The second-order valence-electron chi connectivity index (χ2n) is 3.02. The second kappa shape index (κ2) is 6.19. The van der Waals surface area contributed by atoms with Gasteiger partial charge in [0.25, 0.3) is 0 Å². The molecule has 1 aromatic rings. The standard InChI is InChI=1S/C12H16O3/c1-3-14-9-11-7-5-6-10(8-13)12(11)15-4-2/h5-8H,3-4,9H2,1-2H3. The minimum Gasteiger partial charge on any atom is -0.493 e. The van der Waals surface area contributed by atoms with Gasteiger partial charge in [-0.2, -0.15) is 0 Å². The van der Waals surface area contributed by atoms with Gasteiger partial charge in [-0.25, -0.2) is 0 Å². The molecular formula is C12H16O3. The minimum atomic E-state index is 0.480. The van der Waals surface area contributed by atoms with Gasteiger partial charge in [0.2, 0.25) is 0 Å². The molecule has 3 heteroatoms. The molecule has 0 atom stereocenters. The van der Waals surface area contributed by atoms with Gasteiger partial charge in [-0.1, -0.05) is 12.1 Å². The van der Waals surface area contributed by atoms with E-state index in [4.69, 9.17) is 9.47 Å². The van der Waals surface area contributed by atoms with Crippen LogP contribution in [-0.2, 0) is 11.3 Å². The van der Waals surface area contributed by atoms with Crippen molar-refractivity contribution in [1.82, 2.24) is 0 Å². The zero-order chi connectivity index (χ0) is 11.1. The Labute approximate surface area is 90.0 Å². The summed E-state index contributed by atoms with van der Waals surface area (Å²) in [7, 11) is 0. The third-order valence-corrected chi connectivity index (χ3v) is 2.00. The average Bonchev–Trinajstić information content (AvgIpc) is 2.28. The second-order valence-corrected chi connectivity index (χ2v) is 3.02. The van der Waals surface area contributed by atoms with Crippen LogP contribution in [0.3, 0.4) is 0 Å². The normalized spacial score (nSPS) is 10.0. The predicted octanol–water partition coefficient (Wildman–Crippen LogP) is 2.43. The van der Waals surface area contributed by atoms with Crippen LogP contribution >= 0.6 is 0 Å². The van der Waals surface area contributed by atoms with E-state index in [-0.39, 0.29) is 0 Å². The van der Waals surface area contributed by atoms with E-state index in [1.54, 1.807) is 6.07 Å². The van der Waals surface area contributed by atoms with Crippen LogP contribution in [0.25, 0.3) is 0 Å². The molecule has 0 fully saturated rings. The molecule has 1 rings (SSSR count). The van der Waals surface area contributed by atoms with Crippen LogP contribution < -0.4 is 4.74 Å². The van der Waals surface area contributed by atoms with Crippen LogP contribution in [0.2, 0.25) is 0 Å². The summed E-state index contributed by atoms with van der Waals surface area (Å²) in [5.41, 5.74) is 1.50. The van der Waals surface area contributed by atoms with Crippen molar-refractivity contribution in [3.8, 4) is 5.75 Å². The first-order valence-electron chi connectivity index (χ1n) is 5.11. The summed E-state index contributed by atoms with van der Waals surface area (Å²) in [6.45, 7) is 5.50. The zero-order valence-electron chi connectivity index (χ0n) is 9.16. The molecule has 0 bridgehead atoms. The van der Waals surface area contributed by atoms with Gasteiger partial charge in [0, 0.05) is 12.2 Å². The van der Waals surface area contributed by atoms with E-state index >= 15 is 0 Å². The van der Waals surface area contributed by atoms with Crippen molar-refractivity contribution in [2.45, 2.75) is 20.5 Å². The Kier molecular flexibility index (Phi) is 4.84. The van der Waals surface area contributed by atoms with Crippen LogP contribution in [0.15, 0.2) is 18.2 Å². The molecule has 0 radical (unpaired) electrons. The first kappa shape index (κ1) is 11.7. The number of benzene rings is 1. The molecule has 15 heavy (non-hydrogen) atoms. The van der Waals surface area contributed by atoms with Crippen molar-refractivity contribution < 1.29 is 14.3 Å². The van der Waals surface area contributed by atoms with Crippen LogP contribution in [0.4, 0.5) is 0 Å². The van der Waals surface area contributed by atoms with E-state index in [0.717, 1.165) is 11.8 Å². The van der Waals surface area contributed by atoms with Gasteiger partial charge in [0.1, 0.15) is 5.75 Å². The molecule has 0 saturated heterocycles. The predicted molar refractivity (Wildman–Crippen MR) is 58.3 cm³/mol. The lowest BCUT2D eigenvalue weighted by Gasteiger charge is -2.11. The van der Waals surface area contributed by atoms with Crippen LogP contribution in [-0.4, -0.2) is 19.5 Å². The lowest BCUT2D eigenvalue weighted by atomic mass is 10.1. The van der Waals surface area contributed by atoms with E-state index in [1.807, 2.05) is 26.0 Å². The first-order valence-corrected chi connectivity index (χ1v) is 5.11. The average molecular weight is 208 g/mol. The topological polar surface area (TPSA) is 35.5 Å². The molecule has 3 nitrogen and oxygen atoms in total. The minimum absolute atomic E-state index is 0.480. The number of carbonyl (C=O) groups is 1. The highest BCUT2D eigenvalue weighted by molar-refractivity contribution is 5.80. The summed E-state index contributed by atoms with van der Waals surface area (Å²) < 4.78 is 10.8. The molecule has 0 aliphatic carbocycles. The van der Waals surface area contributed by atoms with E-state index in [9.17, 15) is 4.79 Å². The Balaban J connectivity index is 2.95. The van der Waals surface area contributed by atoms with Gasteiger partial charge in [0.05, 0.1) is 18.8 Å². The number of para-hydroxylation sites is 1. The maximum absolute atomic E-state index is 10.8. The van der Waals surface area contributed by atoms with Crippen molar-refractivity contribution in [2.24, 2.45) is 0 Å². The van der Waals surface area contributed by atoms with E-state index in [0.29, 0.717) is 31.1 Å². The molecule has 0 spiro atoms. The Morgan fingerprint density at radius 2 is 2.07 bits per heavy atom. The van der Waals surface area contributed by atoms with Crippen molar-refractivity contribution >= 4 is 6.29 Å². The van der Waals surface area contributed by atoms with E-state index in [1.165, 1.54) is 0 Å². The lowest BCUT2D eigenvalue weighted by molar-refractivity contribution is 0.111. The van der Waals surface area contributed by atoms with Gasteiger partial charge in [-0.05, 0) is 19.9 Å². The Morgan fingerprint density at radius 3 is 2.67 bits per heavy atom. The number of aldehydes is 1. The monoisotopic (exact) mass is 208 g/mol. The number of rotatable bonds is 6. The molecule has 0 N–H and O–H groups in total. The van der Waals surface area contributed by atoms with Gasteiger partial charge < -0.3 is 9.47 Å². The molecule has 0 aromatic heterocycles. The van der Waals surface area contributed by atoms with Crippen molar-refractivity contribution in [2.75, 3.05) is 13.2 Å². The molecule has 0 amide bonds.